The number of carbonyl (C=O) groups is 2. The van der Waals surface area contributed by atoms with E-state index in [0.717, 1.165) is 6.42 Å². The third-order valence-electron chi connectivity index (χ3n) is 4.71. The first-order valence-corrected chi connectivity index (χ1v) is 11.6. The topological polar surface area (TPSA) is 66.8 Å². The molecule has 3 rings (SSSR count). The summed E-state index contributed by atoms with van der Waals surface area (Å²) in [6.07, 6.45) is 8.03. The minimum Gasteiger partial charge on any atom is -0.508 e. The van der Waals surface area contributed by atoms with E-state index >= 15 is 0 Å². The number of benzene rings is 2. The number of para-hydroxylation sites is 1. The molecule has 1 unspecified atom stereocenters. The van der Waals surface area contributed by atoms with E-state index < -0.39 is 12.2 Å². The Morgan fingerprint density at radius 1 is 1.09 bits per heavy atom. The van der Waals surface area contributed by atoms with Gasteiger partial charge in [-0.15, -0.1) is 0 Å². The summed E-state index contributed by atoms with van der Waals surface area (Å²) in [6, 6.07) is 14.2. The summed E-state index contributed by atoms with van der Waals surface area (Å²) in [7, 11) is 0. The monoisotopic (exact) mass is 483 g/mol. The van der Waals surface area contributed by atoms with Crippen molar-refractivity contribution in [3.8, 4) is 5.75 Å². The third-order valence-corrected chi connectivity index (χ3v) is 4.71. The lowest BCUT2D eigenvalue weighted by Crippen LogP contribution is -2.27. The summed E-state index contributed by atoms with van der Waals surface area (Å²) >= 11 is 0. The molecule has 1 saturated heterocycles. The Labute approximate surface area is 209 Å². The van der Waals surface area contributed by atoms with Gasteiger partial charge in [-0.3, -0.25) is 9.69 Å². The molecule has 5 nitrogen and oxygen atoms in total. The van der Waals surface area contributed by atoms with Crippen LogP contribution in [0.5, 0.6) is 5.75 Å². The number of anilines is 1. The second-order valence-electron chi connectivity index (χ2n) is 7.38. The summed E-state index contributed by atoms with van der Waals surface area (Å²) in [5.41, 5.74) is 1.91. The van der Waals surface area contributed by atoms with E-state index in [1.165, 1.54) is 34.7 Å². The first-order chi connectivity index (χ1) is 16.7. The van der Waals surface area contributed by atoms with Crippen LogP contribution in [-0.4, -0.2) is 29.6 Å². The Kier molecular flexibility index (Phi) is 16.8. The van der Waals surface area contributed by atoms with Crippen molar-refractivity contribution >= 4 is 17.6 Å². The van der Waals surface area contributed by atoms with Crippen LogP contribution in [0.1, 0.15) is 47.5 Å². The molecule has 6 heteroatoms. The Balaban J connectivity index is 0.000000531. The van der Waals surface area contributed by atoms with Crippen molar-refractivity contribution in [3.05, 3.63) is 96.9 Å². The minimum absolute atomic E-state index is 0.108. The number of halogens is 1. The Bertz CT molecular complexity index is 933. The number of amides is 1. The quantitative estimate of drug-likeness (QED) is 0.351. The lowest BCUT2D eigenvalue weighted by atomic mass is 10.2. The molecule has 35 heavy (non-hydrogen) atoms. The molecule has 1 fully saturated rings. The number of ketones is 1. The number of ether oxygens (including phenoxy) is 1. The number of hydrogen-bond donors (Lipinski definition) is 1. The molecule has 2 aromatic carbocycles. The average molecular weight is 484 g/mol. The van der Waals surface area contributed by atoms with Gasteiger partial charge >= 0.3 is 6.09 Å². The largest absolute Gasteiger partial charge is 0.508 e. The third kappa shape index (κ3) is 13.6. The lowest BCUT2D eigenvalue weighted by molar-refractivity contribution is -0.125. The smallest absolute Gasteiger partial charge is 0.415 e. The molecule has 0 aromatic heterocycles. The first-order valence-electron chi connectivity index (χ1n) is 11.6. The molecule has 1 aliphatic rings. The number of rotatable bonds is 5. The maximum absolute atomic E-state index is 12.7. The Hall–Kier alpha value is -3.67. The lowest BCUT2D eigenvalue weighted by Gasteiger charge is -2.12. The molecule has 0 radical (unpaired) electrons. The molecular formula is C29H38FNO4. The van der Waals surface area contributed by atoms with E-state index in [1.54, 1.807) is 31.2 Å². The summed E-state index contributed by atoms with van der Waals surface area (Å²) < 4.78 is 17.7. The molecular weight excluding hydrogens is 445 g/mol. The number of Topliss-reactive ketones (excluding diaryl/α,β-unsaturated/α-hetero) is 1. The highest BCUT2D eigenvalue weighted by Gasteiger charge is 2.35. The van der Waals surface area contributed by atoms with E-state index in [1.807, 2.05) is 44.2 Å². The fraction of sp³-hybridized carbons (Fsp3) is 0.310. The highest BCUT2D eigenvalue weighted by atomic mass is 19.1. The molecule has 0 saturated carbocycles. The number of hydrogen-bond acceptors (Lipinski definition) is 4. The molecule has 190 valence electrons. The first kappa shape index (κ1) is 31.3. The Morgan fingerprint density at radius 2 is 1.66 bits per heavy atom. The van der Waals surface area contributed by atoms with E-state index in [2.05, 4.69) is 20.4 Å². The molecule has 1 N–H and O–H groups in total. The van der Waals surface area contributed by atoms with Gasteiger partial charge in [-0.25, -0.2) is 9.18 Å². The molecule has 1 heterocycles. The zero-order chi connectivity index (χ0) is 26.6. The Morgan fingerprint density at radius 3 is 2.03 bits per heavy atom. The number of nitrogens with zero attached hydrogens (tertiary/aromatic N) is 1. The summed E-state index contributed by atoms with van der Waals surface area (Å²) in [4.78, 5) is 24.3. The van der Waals surface area contributed by atoms with Crippen LogP contribution >= 0.6 is 0 Å². The van der Waals surface area contributed by atoms with Gasteiger partial charge in [-0.1, -0.05) is 68.5 Å². The van der Waals surface area contributed by atoms with Crippen molar-refractivity contribution in [2.45, 2.75) is 53.6 Å². The summed E-state index contributed by atoms with van der Waals surface area (Å²) in [5.74, 6) is -0.159. The van der Waals surface area contributed by atoms with Gasteiger partial charge in [0, 0.05) is 12.1 Å². The zero-order valence-electron chi connectivity index (χ0n) is 21.4. The standard InChI is InChI=1S/C12H12FNO3.C7H12.C6H6O.C4H8/c1-2-10(15)11-7-14(12(16)17-11)9-5-3-8(13)4-6-9;1-4-6-7(3)5-2;7-6-4-2-1-3-5-6;1-3-4-2/h3-6,11H,2,7H2,1H3;4,6H,1,5H2,2-3H3;1-5,7H;3-4H,1-2H3/b;7-6+;;4-3-. The van der Waals surface area contributed by atoms with E-state index in [0.29, 0.717) is 17.9 Å². The number of carbonyl (C=O) groups excluding carboxylic acids is 2. The van der Waals surface area contributed by atoms with E-state index in [-0.39, 0.29) is 18.1 Å². The van der Waals surface area contributed by atoms with Crippen molar-refractivity contribution in [1.29, 1.82) is 0 Å². The van der Waals surface area contributed by atoms with Gasteiger partial charge in [0.05, 0.1) is 6.54 Å². The van der Waals surface area contributed by atoms with Crippen LogP contribution in [0, 0.1) is 5.82 Å². The van der Waals surface area contributed by atoms with Gasteiger partial charge in [0.25, 0.3) is 0 Å². The fourth-order valence-electron chi connectivity index (χ4n) is 2.44. The maximum atomic E-state index is 12.7. The molecule has 1 aliphatic heterocycles. The molecule has 0 bridgehead atoms. The molecule has 1 atom stereocenters. The second-order valence-corrected chi connectivity index (χ2v) is 7.38. The van der Waals surface area contributed by atoms with Crippen LogP contribution in [0.25, 0.3) is 0 Å². The van der Waals surface area contributed by atoms with Crippen molar-refractivity contribution in [1.82, 2.24) is 0 Å². The van der Waals surface area contributed by atoms with Gasteiger partial charge in [0.1, 0.15) is 11.6 Å². The van der Waals surface area contributed by atoms with Crippen LogP contribution in [0.4, 0.5) is 14.9 Å². The highest BCUT2D eigenvalue weighted by molar-refractivity contribution is 5.96. The van der Waals surface area contributed by atoms with Gasteiger partial charge in [0.2, 0.25) is 0 Å². The van der Waals surface area contributed by atoms with Crippen LogP contribution in [-0.2, 0) is 9.53 Å². The number of phenols is 1. The van der Waals surface area contributed by atoms with Crippen molar-refractivity contribution < 1.29 is 23.8 Å². The van der Waals surface area contributed by atoms with Gasteiger partial charge in [-0.05, 0) is 63.6 Å². The van der Waals surface area contributed by atoms with Gasteiger partial charge in [0.15, 0.2) is 11.9 Å². The minimum atomic E-state index is -0.711. The van der Waals surface area contributed by atoms with Gasteiger partial charge < -0.3 is 9.84 Å². The van der Waals surface area contributed by atoms with Crippen molar-refractivity contribution in [2.75, 3.05) is 11.4 Å². The fourth-order valence-corrected chi connectivity index (χ4v) is 2.44. The number of allylic oxidation sites excluding steroid dienone is 5. The van der Waals surface area contributed by atoms with Crippen LogP contribution < -0.4 is 4.90 Å². The average Bonchev–Trinajstić information content (AvgIpc) is 3.27. The molecule has 1 amide bonds. The summed E-state index contributed by atoms with van der Waals surface area (Å²) in [6.45, 7) is 13.7. The van der Waals surface area contributed by atoms with Crippen molar-refractivity contribution in [3.63, 3.8) is 0 Å². The van der Waals surface area contributed by atoms with Crippen molar-refractivity contribution in [2.24, 2.45) is 0 Å². The SMILES string of the molecule is C/C=C\C.C=C/C=C(\C)CC.CCC(=O)C1CN(c2ccc(F)cc2)C(=O)O1.Oc1ccccc1. The normalized spacial score (nSPS) is 14.5. The molecule has 0 aliphatic carbocycles. The second kappa shape index (κ2) is 18.7. The maximum Gasteiger partial charge on any atom is 0.415 e. The number of aromatic hydroxyl groups is 1. The highest BCUT2D eigenvalue weighted by Crippen LogP contribution is 2.22. The van der Waals surface area contributed by atoms with E-state index in [4.69, 9.17) is 9.84 Å². The summed E-state index contributed by atoms with van der Waals surface area (Å²) in [5, 5.41) is 8.63. The predicted octanol–water partition coefficient (Wildman–Crippen LogP) is 7.63. The van der Waals surface area contributed by atoms with Crippen LogP contribution in [0.15, 0.2) is 91.1 Å². The zero-order valence-corrected chi connectivity index (χ0v) is 21.4. The van der Waals surface area contributed by atoms with Crippen LogP contribution in [0.3, 0.4) is 0 Å². The number of cyclic esters (lactones) is 1. The molecule has 0 spiro atoms. The number of phenolic OH excluding ortho intramolecular Hbond substituents is 1. The van der Waals surface area contributed by atoms with Gasteiger partial charge in [-0.2, -0.15) is 0 Å². The predicted molar refractivity (Wildman–Crippen MR) is 142 cm³/mol. The molecule has 2 aromatic rings. The van der Waals surface area contributed by atoms with Crippen LogP contribution in [0.2, 0.25) is 0 Å². The van der Waals surface area contributed by atoms with E-state index in [9.17, 15) is 14.0 Å².